The Morgan fingerprint density at radius 3 is 2.40 bits per heavy atom. The zero-order valence-corrected chi connectivity index (χ0v) is 14.8. The van der Waals surface area contributed by atoms with Crippen LogP contribution in [0.1, 0.15) is 12.0 Å². The summed E-state index contributed by atoms with van der Waals surface area (Å²) < 4.78 is 18.6. The van der Waals surface area contributed by atoms with Crippen molar-refractivity contribution in [2.45, 2.75) is 13.0 Å². The number of hydrogen-bond acceptors (Lipinski definition) is 3. The van der Waals surface area contributed by atoms with Crippen molar-refractivity contribution in [3.63, 3.8) is 0 Å². The third-order valence-corrected chi connectivity index (χ3v) is 3.86. The molecule has 5 heteroatoms. The van der Waals surface area contributed by atoms with Crippen LogP contribution in [-0.4, -0.2) is 49.5 Å². The number of nitrogens with zero attached hydrogens (tertiary/aromatic N) is 2. The van der Waals surface area contributed by atoms with E-state index in [0.29, 0.717) is 19.7 Å². The first-order valence-electron chi connectivity index (χ1n) is 8.39. The molecule has 0 saturated carbocycles. The van der Waals surface area contributed by atoms with Crippen LogP contribution in [0.3, 0.4) is 0 Å². The average molecular weight is 344 g/mol. The molecule has 2 aromatic carbocycles. The van der Waals surface area contributed by atoms with E-state index in [4.69, 9.17) is 4.74 Å². The van der Waals surface area contributed by atoms with Gasteiger partial charge in [0.25, 0.3) is 0 Å². The predicted molar refractivity (Wildman–Crippen MR) is 96.9 cm³/mol. The predicted octanol–water partition coefficient (Wildman–Crippen LogP) is 3.19. The summed E-state index contributed by atoms with van der Waals surface area (Å²) in [5, 5.41) is 0. The Morgan fingerprint density at radius 2 is 1.72 bits per heavy atom. The number of carbonyl (C=O) groups is 1. The first-order chi connectivity index (χ1) is 12.0. The number of ether oxygens (including phenoxy) is 1. The summed E-state index contributed by atoms with van der Waals surface area (Å²) in [4.78, 5) is 15.9. The second kappa shape index (κ2) is 9.79. The Labute approximate surface area is 148 Å². The molecule has 2 aromatic rings. The van der Waals surface area contributed by atoms with Crippen LogP contribution in [0.2, 0.25) is 0 Å². The summed E-state index contributed by atoms with van der Waals surface area (Å²) in [5.41, 5.74) is 0.913. The van der Waals surface area contributed by atoms with Crippen LogP contribution in [0.5, 0.6) is 5.75 Å². The molecule has 0 radical (unpaired) electrons. The van der Waals surface area contributed by atoms with Gasteiger partial charge < -0.3 is 9.64 Å². The van der Waals surface area contributed by atoms with Gasteiger partial charge in [0.1, 0.15) is 11.6 Å². The standard InChI is InChI=1S/C20H25FN2O2/c1-22(13-6-14-25-19-7-4-3-5-8-19)16-20(24)23(2)15-17-9-11-18(21)12-10-17/h3-5,7-12H,6,13-16H2,1-2H3. The Hall–Kier alpha value is -2.40. The van der Waals surface area contributed by atoms with E-state index in [-0.39, 0.29) is 11.7 Å². The lowest BCUT2D eigenvalue weighted by Crippen LogP contribution is -2.36. The second-order valence-electron chi connectivity index (χ2n) is 6.13. The highest BCUT2D eigenvalue weighted by Crippen LogP contribution is 2.09. The molecular formula is C20H25FN2O2. The first-order valence-corrected chi connectivity index (χ1v) is 8.39. The van der Waals surface area contributed by atoms with Crippen LogP contribution in [0, 0.1) is 5.82 Å². The van der Waals surface area contributed by atoms with Crippen LogP contribution in [-0.2, 0) is 11.3 Å². The maximum atomic E-state index is 12.9. The molecule has 2 rings (SSSR count). The summed E-state index contributed by atoms with van der Waals surface area (Å²) in [5.74, 6) is 0.631. The van der Waals surface area contributed by atoms with Crippen molar-refractivity contribution < 1.29 is 13.9 Å². The average Bonchev–Trinajstić information content (AvgIpc) is 2.61. The second-order valence-corrected chi connectivity index (χ2v) is 6.13. The molecular weight excluding hydrogens is 319 g/mol. The Kier molecular flexibility index (Phi) is 7.41. The van der Waals surface area contributed by atoms with Crippen LogP contribution < -0.4 is 4.74 Å². The zero-order valence-electron chi connectivity index (χ0n) is 14.8. The van der Waals surface area contributed by atoms with Gasteiger partial charge in [-0.25, -0.2) is 4.39 Å². The minimum atomic E-state index is -0.268. The van der Waals surface area contributed by atoms with E-state index in [2.05, 4.69) is 0 Å². The van der Waals surface area contributed by atoms with Gasteiger partial charge >= 0.3 is 0 Å². The highest BCUT2D eigenvalue weighted by atomic mass is 19.1. The Balaban J connectivity index is 1.65. The van der Waals surface area contributed by atoms with Crippen molar-refractivity contribution >= 4 is 5.91 Å². The van der Waals surface area contributed by atoms with Gasteiger partial charge in [0, 0.05) is 20.1 Å². The van der Waals surface area contributed by atoms with E-state index in [1.807, 2.05) is 42.3 Å². The fourth-order valence-electron chi connectivity index (χ4n) is 2.42. The van der Waals surface area contributed by atoms with Gasteiger partial charge in [-0.1, -0.05) is 30.3 Å². The molecule has 134 valence electrons. The molecule has 0 aromatic heterocycles. The summed E-state index contributed by atoms with van der Waals surface area (Å²) in [6, 6.07) is 15.9. The minimum absolute atomic E-state index is 0.0378. The molecule has 0 unspecified atom stereocenters. The lowest BCUT2D eigenvalue weighted by atomic mass is 10.2. The number of benzene rings is 2. The molecule has 0 atom stereocenters. The molecule has 0 heterocycles. The van der Waals surface area contributed by atoms with Crippen molar-refractivity contribution in [3.05, 3.63) is 66.0 Å². The molecule has 1 amide bonds. The number of rotatable bonds is 9. The fourth-order valence-corrected chi connectivity index (χ4v) is 2.42. The molecule has 25 heavy (non-hydrogen) atoms. The molecule has 0 bridgehead atoms. The maximum absolute atomic E-state index is 12.9. The smallest absolute Gasteiger partial charge is 0.236 e. The summed E-state index contributed by atoms with van der Waals surface area (Å²) in [6.07, 6.45) is 0.848. The van der Waals surface area contributed by atoms with E-state index < -0.39 is 0 Å². The summed E-state index contributed by atoms with van der Waals surface area (Å²) in [6.45, 7) is 2.23. The van der Waals surface area contributed by atoms with Crippen molar-refractivity contribution in [2.24, 2.45) is 0 Å². The van der Waals surface area contributed by atoms with Gasteiger partial charge in [0.2, 0.25) is 5.91 Å². The van der Waals surface area contributed by atoms with Gasteiger partial charge in [-0.3, -0.25) is 9.69 Å². The third kappa shape index (κ3) is 6.93. The van der Waals surface area contributed by atoms with Gasteiger partial charge in [-0.15, -0.1) is 0 Å². The van der Waals surface area contributed by atoms with E-state index in [1.165, 1.54) is 12.1 Å². The molecule has 0 N–H and O–H groups in total. The molecule has 0 aliphatic carbocycles. The van der Waals surface area contributed by atoms with Gasteiger partial charge in [-0.05, 0) is 43.3 Å². The number of amides is 1. The highest BCUT2D eigenvalue weighted by Gasteiger charge is 2.12. The van der Waals surface area contributed by atoms with Gasteiger partial charge in [0.15, 0.2) is 0 Å². The number of para-hydroxylation sites is 1. The van der Waals surface area contributed by atoms with Crippen molar-refractivity contribution in [2.75, 3.05) is 33.8 Å². The van der Waals surface area contributed by atoms with Crippen molar-refractivity contribution in [1.82, 2.24) is 9.80 Å². The van der Waals surface area contributed by atoms with Crippen molar-refractivity contribution in [1.29, 1.82) is 0 Å². The molecule has 0 spiro atoms. The molecule has 4 nitrogen and oxygen atoms in total. The summed E-state index contributed by atoms with van der Waals surface area (Å²) >= 11 is 0. The Bertz CT molecular complexity index is 647. The van der Waals surface area contributed by atoms with Gasteiger partial charge in [-0.2, -0.15) is 0 Å². The topological polar surface area (TPSA) is 32.8 Å². The van der Waals surface area contributed by atoms with Gasteiger partial charge in [0.05, 0.1) is 13.2 Å². The van der Waals surface area contributed by atoms with E-state index in [9.17, 15) is 9.18 Å². The molecule has 0 aliphatic heterocycles. The van der Waals surface area contributed by atoms with E-state index in [0.717, 1.165) is 24.3 Å². The molecule has 0 saturated heterocycles. The largest absolute Gasteiger partial charge is 0.494 e. The summed E-state index contributed by atoms with van der Waals surface area (Å²) in [7, 11) is 3.68. The minimum Gasteiger partial charge on any atom is -0.494 e. The van der Waals surface area contributed by atoms with Crippen LogP contribution in [0.4, 0.5) is 4.39 Å². The van der Waals surface area contributed by atoms with Crippen LogP contribution in [0.15, 0.2) is 54.6 Å². The number of halogens is 1. The SMILES string of the molecule is CN(CCCOc1ccccc1)CC(=O)N(C)Cc1ccc(F)cc1. The first kappa shape index (κ1) is 18.9. The third-order valence-electron chi connectivity index (χ3n) is 3.86. The molecule has 0 aliphatic rings. The number of carbonyl (C=O) groups excluding carboxylic acids is 1. The molecule has 0 fully saturated rings. The van der Waals surface area contributed by atoms with Crippen LogP contribution in [0.25, 0.3) is 0 Å². The van der Waals surface area contributed by atoms with E-state index in [1.54, 1.807) is 24.1 Å². The Morgan fingerprint density at radius 1 is 1.04 bits per heavy atom. The van der Waals surface area contributed by atoms with Crippen molar-refractivity contribution in [3.8, 4) is 5.75 Å². The maximum Gasteiger partial charge on any atom is 0.236 e. The number of hydrogen-bond donors (Lipinski definition) is 0. The zero-order chi connectivity index (χ0) is 18.1. The van der Waals surface area contributed by atoms with Crippen LogP contribution >= 0.6 is 0 Å². The lowest BCUT2D eigenvalue weighted by molar-refractivity contribution is -0.131. The monoisotopic (exact) mass is 344 g/mol. The fraction of sp³-hybridized carbons (Fsp3) is 0.350. The highest BCUT2D eigenvalue weighted by molar-refractivity contribution is 5.77. The lowest BCUT2D eigenvalue weighted by Gasteiger charge is -2.22. The van der Waals surface area contributed by atoms with E-state index >= 15 is 0 Å². The quantitative estimate of drug-likeness (QED) is 0.655. The normalized spacial score (nSPS) is 10.7. The number of likely N-dealkylation sites (N-methyl/N-ethyl adjacent to an activating group) is 2.